The molecule has 0 aliphatic rings. The fourth-order valence-electron chi connectivity index (χ4n) is 1.80. The molecule has 100 valence electrons. The van der Waals surface area contributed by atoms with Gasteiger partial charge >= 0.3 is 0 Å². The largest absolute Gasteiger partial charge is 0.330 e. The second-order valence-electron chi connectivity index (χ2n) is 5.10. The quantitative estimate of drug-likeness (QED) is 0.812. The maximum absolute atomic E-state index is 11.9. The van der Waals surface area contributed by atoms with Gasteiger partial charge in [-0.2, -0.15) is 0 Å². The summed E-state index contributed by atoms with van der Waals surface area (Å²) < 4.78 is 0. The molecule has 0 aliphatic carbocycles. The Hall–Kier alpha value is -1.35. The number of hydrogen-bond acceptors (Lipinski definition) is 2. The summed E-state index contributed by atoms with van der Waals surface area (Å²) in [5.74, 6) is 0.553. The Kier molecular flexibility index (Phi) is 5.86. The van der Waals surface area contributed by atoms with Crippen LogP contribution in [0.2, 0.25) is 0 Å². The minimum atomic E-state index is 0.0104. The summed E-state index contributed by atoms with van der Waals surface area (Å²) in [6, 6.07) is 8.03. The SMILES string of the molecule is CC(CCCN)C(=O)Nc1cccc(C(C)C)c1. The van der Waals surface area contributed by atoms with Crippen molar-refractivity contribution in [3.63, 3.8) is 0 Å². The van der Waals surface area contributed by atoms with Crippen LogP contribution in [0.15, 0.2) is 24.3 Å². The zero-order valence-corrected chi connectivity index (χ0v) is 11.6. The molecule has 1 atom stereocenters. The molecule has 1 rings (SSSR count). The van der Waals surface area contributed by atoms with Crippen molar-refractivity contribution in [1.29, 1.82) is 0 Å². The van der Waals surface area contributed by atoms with Gasteiger partial charge in [-0.3, -0.25) is 4.79 Å². The zero-order chi connectivity index (χ0) is 13.5. The van der Waals surface area contributed by atoms with Crippen molar-refractivity contribution < 1.29 is 4.79 Å². The number of carbonyl (C=O) groups is 1. The summed E-state index contributed by atoms with van der Waals surface area (Å²) in [5, 5.41) is 2.97. The highest BCUT2D eigenvalue weighted by Crippen LogP contribution is 2.19. The first-order valence-corrected chi connectivity index (χ1v) is 6.65. The van der Waals surface area contributed by atoms with Gasteiger partial charge in [-0.05, 0) is 43.0 Å². The standard InChI is InChI=1S/C15H24N2O/c1-11(2)13-7-4-8-14(10-13)17-15(18)12(3)6-5-9-16/h4,7-8,10-12H,5-6,9,16H2,1-3H3,(H,17,18). The van der Waals surface area contributed by atoms with Gasteiger partial charge in [0.05, 0.1) is 0 Å². The van der Waals surface area contributed by atoms with Crippen molar-refractivity contribution in [2.75, 3.05) is 11.9 Å². The average Bonchev–Trinajstić information content (AvgIpc) is 2.36. The minimum absolute atomic E-state index is 0.0104. The van der Waals surface area contributed by atoms with Gasteiger partial charge in [0.2, 0.25) is 5.91 Å². The molecule has 0 radical (unpaired) electrons. The van der Waals surface area contributed by atoms with Gasteiger partial charge in [0, 0.05) is 11.6 Å². The third-order valence-corrected chi connectivity index (χ3v) is 3.11. The van der Waals surface area contributed by atoms with Crippen LogP contribution in [0.4, 0.5) is 5.69 Å². The molecule has 1 aromatic carbocycles. The van der Waals surface area contributed by atoms with Crippen LogP contribution in [-0.2, 0) is 4.79 Å². The number of rotatable bonds is 6. The highest BCUT2D eigenvalue weighted by atomic mass is 16.1. The summed E-state index contributed by atoms with van der Waals surface area (Å²) in [4.78, 5) is 11.9. The van der Waals surface area contributed by atoms with E-state index >= 15 is 0 Å². The Bertz CT molecular complexity index is 388. The summed E-state index contributed by atoms with van der Waals surface area (Å²) in [5.41, 5.74) is 7.57. The maximum atomic E-state index is 11.9. The molecule has 0 aromatic heterocycles. The van der Waals surface area contributed by atoms with Crippen molar-refractivity contribution >= 4 is 11.6 Å². The number of nitrogens with one attached hydrogen (secondary N) is 1. The van der Waals surface area contributed by atoms with E-state index in [1.54, 1.807) is 0 Å². The predicted molar refractivity (Wildman–Crippen MR) is 76.6 cm³/mol. The highest BCUT2D eigenvalue weighted by Gasteiger charge is 2.12. The molecule has 1 unspecified atom stereocenters. The van der Waals surface area contributed by atoms with Crippen LogP contribution < -0.4 is 11.1 Å². The van der Waals surface area contributed by atoms with Crippen LogP contribution in [0, 0.1) is 5.92 Å². The van der Waals surface area contributed by atoms with E-state index in [0.717, 1.165) is 18.5 Å². The molecule has 18 heavy (non-hydrogen) atoms. The van der Waals surface area contributed by atoms with Gasteiger partial charge in [0.1, 0.15) is 0 Å². The van der Waals surface area contributed by atoms with E-state index in [1.165, 1.54) is 5.56 Å². The van der Waals surface area contributed by atoms with Crippen molar-refractivity contribution in [1.82, 2.24) is 0 Å². The highest BCUT2D eigenvalue weighted by molar-refractivity contribution is 5.92. The van der Waals surface area contributed by atoms with Gasteiger partial charge in [-0.15, -0.1) is 0 Å². The second-order valence-corrected chi connectivity index (χ2v) is 5.10. The molecular weight excluding hydrogens is 224 g/mol. The topological polar surface area (TPSA) is 55.1 Å². The van der Waals surface area contributed by atoms with Crippen LogP contribution in [0.25, 0.3) is 0 Å². The van der Waals surface area contributed by atoms with E-state index in [0.29, 0.717) is 12.5 Å². The lowest BCUT2D eigenvalue weighted by atomic mass is 10.0. The Morgan fingerprint density at radius 1 is 1.33 bits per heavy atom. The Labute approximate surface area is 110 Å². The maximum Gasteiger partial charge on any atom is 0.227 e. The van der Waals surface area contributed by atoms with Crippen LogP contribution in [0.3, 0.4) is 0 Å². The number of benzene rings is 1. The van der Waals surface area contributed by atoms with E-state index in [1.807, 2.05) is 25.1 Å². The lowest BCUT2D eigenvalue weighted by Gasteiger charge is -2.13. The molecule has 3 N–H and O–H groups in total. The molecule has 0 aliphatic heterocycles. The van der Waals surface area contributed by atoms with Crippen molar-refractivity contribution in [3.05, 3.63) is 29.8 Å². The van der Waals surface area contributed by atoms with Crippen molar-refractivity contribution in [2.45, 2.75) is 39.5 Å². The van der Waals surface area contributed by atoms with Crippen molar-refractivity contribution in [2.24, 2.45) is 11.7 Å². The van der Waals surface area contributed by atoms with E-state index < -0.39 is 0 Å². The van der Waals surface area contributed by atoms with Crippen LogP contribution >= 0.6 is 0 Å². The van der Waals surface area contributed by atoms with Gasteiger partial charge in [0.25, 0.3) is 0 Å². The molecule has 0 heterocycles. The summed E-state index contributed by atoms with van der Waals surface area (Å²) in [6.07, 6.45) is 1.73. The van der Waals surface area contributed by atoms with Gasteiger partial charge in [0.15, 0.2) is 0 Å². The van der Waals surface area contributed by atoms with Gasteiger partial charge in [-0.25, -0.2) is 0 Å². The predicted octanol–water partition coefficient (Wildman–Crippen LogP) is 3.12. The Morgan fingerprint density at radius 2 is 2.06 bits per heavy atom. The molecule has 0 spiro atoms. The number of nitrogens with two attached hydrogens (primary N) is 1. The summed E-state index contributed by atoms with van der Waals surface area (Å²) in [6.45, 7) is 6.87. The van der Waals surface area contributed by atoms with E-state index in [2.05, 4.69) is 25.2 Å². The fourth-order valence-corrected chi connectivity index (χ4v) is 1.80. The van der Waals surface area contributed by atoms with Crippen LogP contribution in [0.5, 0.6) is 0 Å². The molecule has 1 amide bonds. The second kappa shape index (κ2) is 7.17. The molecule has 3 nitrogen and oxygen atoms in total. The Morgan fingerprint density at radius 3 is 2.67 bits per heavy atom. The van der Waals surface area contributed by atoms with Crippen LogP contribution in [-0.4, -0.2) is 12.5 Å². The fraction of sp³-hybridized carbons (Fsp3) is 0.533. The molecular formula is C15H24N2O. The van der Waals surface area contributed by atoms with E-state index in [9.17, 15) is 4.79 Å². The normalized spacial score (nSPS) is 12.5. The average molecular weight is 248 g/mol. The number of anilines is 1. The first-order valence-electron chi connectivity index (χ1n) is 6.65. The first kappa shape index (κ1) is 14.7. The molecule has 1 aromatic rings. The monoisotopic (exact) mass is 248 g/mol. The third-order valence-electron chi connectivity index (χ3n) is 3.11. The number of hydrogen-bond donors (Lipinski definition) is 2. The summed E-state index contributed by atoms with van der Waals surface area (Å²) >= 11 is 0. The van der Waals surface area contributed by atoms with Gasteiger partial charge < -0.3 is 11.1 Å². The molecule has 0 saturated heterocycles. The molecule has 3 heteroatoms. The smallest absolute Gasteiger partial charge is 0.227 e. The van der Waals surface area contributed by atoms with Crippen molar-refractivity contribution in [3.8, 4) is 0 Å². The number of amides is 1. The van der Waals surface area contributed by atoms with E-state index in [-0.39, 0.29) is 11.8 Å². The Balaban J connectivity index is 2.61. The minimum Gasteiger partial charge on any atom is -0.330 e. The third kappa shape index (κ3) is 4.49. The summed E-state index contributed by atoms with van der Waals surface area (Å²) in [7, 11) is 0. The lowest BCUT2D eigenvalue weighted by molar-refractivity contribution is -0.119. The molecule has 0 fully saturated rings. The van der Waals surface area contributed by atoms with Gasteiger partial charge in [-0.1, -0.05) is 32.9 Å². The van der Waals surface area contributed by atoms with Crippen LogP contribution in [0.1, 0.15) is 45.1 Å². The number of carbonyl (C=O) groups excluding carboxylic acids is 1. The first-order chi connectivity index (χ1) is 8.54. The lowest BCUT2D eigenvalue weighted by Crippen LogP contribution is -2.21. The molecule has 0 saturated carbocycles. The molecule has 0 bridgehead atoms. The zero-order valence-electron chi connectivity index (χ0n) is 11.6. The van der Waals surface area contributed by atoms with E-state index in [4.69, 9.17) is 5.73 Å².